The Labute approximate surface area is 180 Å². The quantitative estimate of drug-likeness (QED) is 0.540. The molecule has 0 atom stereocenters. The fourth-order valence-corrected chi connectivity index (χ4v) is 3.99. The predicted molar refractivity (Wildman–Crippen MR) is 121 cm³/mol. The molecule has 2 aromatic rings. The van der Waals surface area contributed by atoms with Gasteiger partial charge in [0.05, 0.1) is 7.11 Å². The van der Waals surface area contributed by atoms with Crippen molar-refractivity contribution in [2.75, 3.05) is 44.8 Å². The Hall–Kier alpha value is -2.27. The summed E-state index contributed by atoms with van der Waals surface area (Å²) in [4.78, 5) is 4.64. The molecule has 1 saturated heterocycles. The van der Waals surface area contributed by atoms with Crippen molar-refractivity contribution in [3.63, 3.8) is 0 Å². The van der Waals surface area contributed by atoms with Crippen molar-refractivity contribution in [3.8, 4) is 11.5 Å². The molecule has 0 bridgehead atoms. The van der Waals surface area contributed by atoms with Crippen LogP contribution in [0.15, 0.2) is 42.5 Å². The molecule has 0 spiro atoms. The number of ether oxygens (including phenoxy) is 2. The van der Waals surface area contributed by atoms with E-state index >= 15 is 0 Å². The normalized spacial score (nSPS) is 15.3. The molecule has 0 radical (unpaired) electrons. The Morgan fingerprint density at radius 2 is 1.77 bits per heavy atom. The van der Waals surface area contributed by atoms with Gasteiger partial charge >= 0.3 is 0 Å². The van der Waals surface area contributed by atoms with Crippen LogP contribution < -0.4 is 14.4 Å². The van der Waals surface area contributed by atoms with Crippen LogP contribution in [0.3, 0.4) is 0 Å². The van der Waals surface area contributed by atoms with Crippen molar-refractivity contribution in [2.45, 2.75) is 45.6 Å². The highest BCUT2D eigenvalue weighted by Crippen LogP contribution is 2.24. The van der Waals surface area contributed by atoms with Gasteiger partial charge in [-0.15, -0.1) is 0 Å². The third-order valence-electron chi connectivity index (χ3n) is 5.78. The minimum atomic E-state index is -0.290. The first-order valence-corrected chi connectivity index (χ1v) is 11.2. The van der Waals surface area contributed by atoms with Gasteiger partial charge in [-0.2, -0.15) is 0 Å². The van der Waals surface area contributed by atoms with Crippen LogP contribution in [0, 0.1) is 5.82 Å². The Morgan fingerprint density at radius 3 is 2.47 bits per heavy atom. The first-order chi connectivity index (χ1) is 14.7. The zero-order chi connectivity index (χ0) is 21.2. The van der Waals surface area contributed by atoms with Crippen LogP contribution in [0.4, 0.5) is 10.1 Å². The SMILES string of the molecule is CCN(Cc1ccc(OCCN2CCCCCCC2)c(F)c1)c1cccc(OC)c1. The van der Waals surface area contributed by atoms with Crippen molar-refractivity contribution in [1.29, 1.82) is 0 Å². The number of hydrogen-bond acceptors (Lipinski definition) is 4. The second-order valence-corrected chi connectivity index (χ2v) is 7.94. The van der Waals surface area contributed by atoms with Gasteiger partial charge in [-0.3, -0.25) is 4.90 Å². The minimum Gasteiger partial charge on any atom is -0.497 e. The summed E-state index contributed by atoms with van der Waals surface area (Å²) in [6, 6.07) is 13.3. The maximum atomic E-state index is 14.6. The smallest absolute Gasteiger partial charge is 0.165 e. The summed E-state index contributed by atoms with van der Waals surface area (Å²) in [5, 5.41) is 0. The maximum absolute atomic E-state index is 14.6. The van der Waals surface area contributed by atoms with Crippen molar-refractivity contribution >= 4 is 5.69 Å². The number of anilines is 1. The third kappa shape index (κ3) is 6.63. The highest BCUT2D eigenvalue weighted by molar-refractivity contribution is 5.51. The predicted octanol–water partition coefficient (Wildman–Crippen LogP) is 5.51. The highest BCUT2D eigenvalue weighted by Gasteiger charge is 2.12. The van der Waals surface area contributed by atoms with Crippen molar-refractivity contribution < 1.29 is 13.9 Å². The van der Waals surface area contributed by atoms with Crippen LogP contribution in [0.25, 0.3) is 0 Å². The summed E-state index contributed by atoms with van der Waals surface area (Å²) in [6.07, 6.45) is 6.50. The van der Waals surface area contributed by atoms with E-state index in [1.165, 1.54) is 32.1 Å². The van der Waals surface area contributed by atoms with Crippen LogP contribution >= 0.6 is 0 Å². The van der Waals surface area contributed by atoms with Gasteiger partial charge in [-0.05, 0) is 62.7 Å². The van der Waals surface area contributed by atoms with Crippen LogP contribution in [-0.2, 0) is 6.54 Å². The van der Waals surface area contributed by atoms with Crippen molar-refractivity contribution in [2.24, 2.45) is 0 Å². The molecule has 1 aliphatic heterocycles. The topological polar surface area (TPSA) is 24.9 Å². The third-order valence-corrected chi connectivity index (χ3v) is 5.78. The lowest BCUT2D eigenvalue weighted by atomic mass is 10.1. The zero-order valence-corrected chi connectivity index (χ0v) is 18.4. The van der Waals surface area contributed by atoms with E-state index < -0.39 is 0 Å². The van der Waals surface area contributed by atoms with Crippen LogP contribution in [0.5, 0.6) is 11.5 Å². The van der Waals surface area contributed by atoms with E-state index in [4.69, 9.17) is 9.47 Å². The Kier molecular flexibility index (Phi) is 8.81. The van der Waals surface area contributed by atoms with E-state index in [1.807, 2.05) is 30.3 Å². The summed E-state index contributed by atoms with van der Waals surface area (Å²) in [5.74, 6) is 0.873. The summed E-state index contributed by atoms with van der Waals surface area (Å²) < 4.78 is 25.7. The number of likely N-dealkylation sites (tertiary alicyclic amines) is 1. The van der Waals surface area contributed by atoms with Gasteiger partial charge in [0.15, 0.2) is 11.6 Å². The Morgan fingerprint density at radius 1 is 1.00 bits per heavy atom. The lowest BCUT2D eigenvalue weighted by Gasteiger charge is -2.25. The second kappa shape index (κ2) is 11.8. The molecule has 0 saturated carbocycles. The molecule has 1 heterocycles. The fourth-order valence-electron chi connectivity index (χ4n) is 3.99. The first kappa shape index (κ1) is 22.4. The molecule has 30 heavy (non-hydrogen) atoms. The summed E-state index contributed by atoms with van der Waals surface area (Å²) in [7, 11) is 1.66. The number of hydrogen-bond donors (Lipinski definition) is 0. The number of halogens is 1. The standard InChI is InChI=1S/C25H35FN2O2/c1-3-28(22-10-9-11-23(19-22)29-2)20-21-12-13-25(24(26)18-21)30-17-16-27-14-7-5-4-6-8-15-27/h9-13,18-19H,3-8,14-17,20H2,1-2H3. The second-order valence-electron chi connectivity index (χ2n) is 7.94. The number of benzene rings is 2. The summed E-state index contributed by atoms with van der Waals surface area (Å²) >= 11 is 0. The van der Waals surface area contributed by atoms with Crippen molar-refractivity contribution in [3.05, 3.63) is 53.8 Å². The molecule has 0 unspecified atom stereocenters. The van der Waals surface area contributed by atoms with E-state index in [1.54, 1.807) is 19.2 Å². The van der Waals surface area contributed by atoms with E-state index in [0.717, 1.165) is 43.2 Å². The lowest BCUT2D eigenvalue weighted by Crippen LogP contribution is -2.31. The van der Waals surface area contributed by atoms with Gasteiger partial charge in [0.1, 0.15) is 12.4 Å². The van der Waals surface area contributed by atoms with Crippen LogP contribution in [0.1, 0.15) is 44.6 Å². The molecular formula is C25H35FN2O2. The molecule has 164 valence electrons. The van der Waals surface area contributed by atoms with Crippen LogP contribution in [0.2, 0.25) is 0 Å². The molecule has 4 nitrogen and oxygen atoms in total. The van der Waals surface area contributed by atoms with E-state index in [0.29, 0.717) is 18.9 Å². The van der Waals surface area contributed by atoms with E-state index in [2.05, 4.69) is 16.7 Å². The Bertz CT molecular complexity index is 775. The average Bonchev–Trinajstić information content (AvgIpc) is 2.74. The molecule has 2 aromatic carbocycles. The van der Waals surface area contributed by atoms with Gasteiger partial charge in [0, 0.05) is 31.4 Å². The highest BCUT2D eigenvalue weighted by atomic mass is 19.1. The first-order valence-electron chi connectivity index (χ1n) is 11.2. The van der Waals surface area contributed by atoms with Gasteiger partial charge in [0.25, 0.3) is 0 Å². The maximum Gasteiger partial charge on any atom is 0.165 e. The molecule has 0 amide bonds. The van der Waals surface area contributed by atoms with Gasteiger partial charge in [0.2, 0.25) is 0 Å². The molecule has 0 aliphatic carbocycles. The molecule has 1 fully saturated rings. The monoisotopic (exact) mass is 414 g/mol. The molecule has 0 N–H and O–H groups in total. The lowest BCUT2D eigenvalue weighted by molar-refractivity contribution is 0.192. The number of rotatable bonds is 9. The van der Waals surface area contributed by atoms with E-state index in [9.17, 15) is 4.39 Å². The minimum absolute atomic E-state index is 0.290. The Balaban J connectivity index is 1.54. The molecule has 1 aliphatic rings. The van der Waals surface area contributed by atoms with Gasteiger partial charge in [-0.1, -0.05) is 31.4 Å². The van der Waals surface area contributed by atoms with Gasteiger partial charge < -0.3 is 14.4 Å². The number of nitrogens with zero attached hydrogens (tertiary/aromatic N) is 2. The van der Waals surface area contributed by atoms with E-state index in [-0.39, 0.29) is 5.82 Å². The average molecular weight is 415 g/mol. The van der Waals surface area contributed by atoms with Gasteiger partial charge in [-0.25, -0.2) is 4.39 Å². The largest absolute Gasteiger partial charge is 0.497 e. The van der Waals surface area contributed by atoms with Crippen LogP contribution in [-0.4, -0.2) is 44.8 Å². The zero-order valence-electron chi connectivity index (χ0n) is 18.4. The summed E-state index contributed by atoms with van der Waals surface area (Å²) in [6.45, 7) is 7.20. The molecule has 5 heteroatoms. The molecule has 3 rings (SSSR count). The molecule has 0 aromatic heterocycles. The van der Waals surface area contributed by atoms with Crippen molar-refractivity contribution in [1.82, 2.24) is 4.90 Å². The fraction of sp³-hybridized carbons (Fsp3) is 0.520. The number of methoxy groups -OCH3 is 1. The summed E-state index contributed by atoms with van der Waals surface area (Å²) in [5.41, 5.74) is 1.99. The molecular weight excluding hydrogens is 379 g/mol.